The van der Waals surface area contributed by atoms with Gasteiger partial charge in [0.15, 0.2) is 11.5 Å². The molecule has 1 saturated heterocycles. The summed E-state index contributed by atoms with van der Waals surface area (Å²) in [6, 6.07) is 15.5. The molecule has 158 valence electrons. The summed E-state index contributed by atoms with van der Waals surface area (Å²) in [6.07, 6.45) is 0.502. The van der Waals surface area contributed by atoms with E-state index in [0.29, 0.717) is 36.7 Å². The van der Waals surface area contributed by atoms with Crippen molar-refractivity contribution in [2.24, 2.45) is 0 Å². The summed E-state index contributed by atoms with van der Waals surface area (Å²) < 4.78 is 11.2. The van der Waals surface area contributed by atoms with Gasteiger partial charge in [0.25, 0.3) is 5.91 Å². The predicted molar refractivity (Wildman–Crippen MR) is 110 cm³/mol. The van der Waals surface area contributed by atoms with E-state index in [2.05, 4.69) is 10.7 Å². The van der Waals surface area contributed by atoms with Gasteiger partial charge in [-0.25, -0.2) is 4.79 Å². The Morgan fingerprint density at radius 1 is 1.03 bits per heavy atom. The van der Waals surface area contributed by atoms with Crippen molar-refractivity contribution in [1.29, 1.82) is 0 Å². The van der Waals surface area contributed by atoms with Crippen molar-refractivity contribution in [3.05, 3.63) is 60.2 Å². The van der Waals surface area contributed by atoms with Gasteiger partial charge in [-0.15, -0.1) is 0 Å². The fraction of sp³-hybridized carbons (Fsp3) is 0.318. The lowest BCUT2D eigenvalue weighted by Gasteiger charge is -2.22. The molecule has 2 N–H and O–H groups in total. The first-order valence-corrected chi connectivity index (χ1v) is 9.82. The van der Waals surface area contributed by atoms with Gasteiger partial charge in [-0.2, -0.15) is 5.01 Å². The molecule has 1 aliphatic rings. The van der Waals surface area contributed by atoms with Crippen LogP contribution in [0.5, 0.6) is 11.5 Å². The predicted octanol–water partition coefficient (Wildman–Crippen LogP) is 2.74. The summed E-state index contributed by atoms with van der Waals surface area (Å²) in [5.74, 6) is 0.267. The van der Waals surface area contributed by atoms with Crippen LogP contribution in [0.15, 0.2) is 54.6 Å². The molecule has 1 atom stereocenters. The molecule has 0 aromatic heterocycles. The molecular weight excluding hydrogens is 386 g/mol. The van der Waals surface area contributed by atoms with Gasteiger partial charge in [-0.3, -0.25) is 15.0 Å². The highest BCUT2D eigenvalue weighted by Gasteiger charge is 2.49. The maximum atomic E-state index is 12.8. The summed E-state index contributed by atoms with van der Waals surface area (Å²) >= 11 is 0. The molecule has 0 aliphatic carbocycles. The molecule has 0 unspecified atom stereocenters. The normalized spacial score (nSPS) is 18.1. The monoisotopic (exact) mass is 411 g/mol. The largest absolute Gasteiger partial charge is 0.490 e. The molecule has 0 bridgehead atoms. The quantitative estimate of drug-likeness (QED) is 0.489. The van der Waals surface area contributed by atoms with E-state index in [4.69, 9.17) is 9.47 Å². The van der Waals surface area contributed by atoms with E-state index >= 15 is 0 Å². The van der Waals surface area contributed by atoms with Crippen LogP contribution < -0.4 is 20.2 Å². The van der Waals surface area contributed by atoms with E-state index in [1.54, 1.807) is 37.3 Å². The Morgan fingerprint density at radius 2 is 1.67 bits per heavy atom. The van der Waals surface area contributed by atoms with Crippen LogP contribution in [0, 0.1) is 0 Å². The van der Waals surface area contributed by atoms with Crippen molar-refractivity contribution < 1.29 is 23.9 Å². The minimum atomic E-state index is -1.22. The SMILES string of the molecule is CCOc1ccccc1OCCCC(=O)NN1C(=O)N[C@](C)(c2ccccc2)C1=O. The van der Waals surface area contributed by atoms with E-state index in [1.807, 2.05) is 31.2 Å². The molecule has 4 amide bonds. The lowest BCUT2D eigenvalue weighted by molar-refractivity contribution is -0.139. The second-order valence-corrected chi connectivity index (χ2v) is 6.93. The van der Waals surface area contributed by atoms with E-state index in [-0.39, 0.29) is 6.42 Å². The van der Waals surface area contributed by atoms with Gasteiger partial charge in [0.05, 0.1) is 13.2 Å². The average molecular weight is 411 g/mol. The number of carbonyl (C=O) groups excluding carboxylic acids is 3. The van der Waals surface area contributed by atoms with Crippen LogP contribution in [0.4, 0.5) is 4.79 Å². The number of para-hydroxylation sites is 2. The Morgan fingerprint density at radius 3 is 2.33 bits per heavy atom. The minimum absolute atomic E-state index is 0.0932. The molecule has 0 radical (unpaired) electrons. The number of hydrazine groups is 1. The van der Waals surface area contributed by atoms with Crippen molar-refractivity contribution in [3.8, 4) is 11.5 Å². The van der Waals surface area contributed by atoms with Gasteiger partial charge in [-0.05, 0) is 38.0 Å². The van der Waals surface area contributed by atoms with Crippen molar-refractivity contribution in [2.75, 3.05) is 13.2 Å². The lowest BCUT2D eigenvalue weighted by Crippen LogP contribution is -2.47. The number of hydrogen-bond donors (Lipinski definition) is 2. The standard InChI is InChI=1S/C22H25N3O5/c1-3-29-17-12-7-8-13-18(17)30-15-9-14-19(26)24-25-20(27)22(2,23-21(25)28)16-10-5-4-6-11-16/h4-8,10-13H,3,9,14-15H2,1-2H3,(H,23,28)(H,24,26)/t22-/m1/s1. The Labute approximate surface area is 175 Å². The summed E-state index contributed by atoms with van der Waals surface area (Å²) in [6.45, 7) is 4.31. The molecule has 2 aromatic rings. The number of nitrogens with one attached hydrogen (secondary N) is 2. The van der Waals surface area contributed by atoms with Gasteiger partial charge >= 0.3 is 6.03 Å². The first kappa shape index (κ1) is 21.2. The van der Waals surface area contributed by atoms with Crippen LogP contribution in [-0.4, -0.2) is 36.1 Å². The number of amides is 4. The van der Waals surface area contributed by atoms with Gasteiger partial charge in [0, 0.05) is 6.42 Å². The van der Waals surface area contributed by atoms with Crippen molar-refractivity contribution in [3.63, 3.8) is 0 Å². The number of nitrogens with zero attached hydrogens (tertiary/aromatic N) is 1. The van der Waals surface area contributed by atoms with E-state index in [1.165, 1.54) is 0 Å². The third-order valence-corrected chi connectivity index (χ3v) is 4.73. The zero-order chi connectivity index (χ0) is 21.6. The molecule has 1 heterocycles. The maximum absolute atomic E-state index is 12.8. The minimum Gasteiger partial charge on any atom is -0.490 e. The zero-order valence-electron chi connectivity index (χ0n) is 17.0. The first-order valence-electron chi connectivity index (χ1n) is 9.82. The molecule has 3 rings (SSSR count). The van der Waals surface area contributed by atoms with E-state index < -0.39 is 23.4 Å². The molecule has 30 heavy (non-hydrogen) atoms. The van der Waals surface area contributed by atoms with Crippen LogP contribution in [0.3, 0.4) is 0 Å². The van der Waals surface area contributed by atoms with Gasteiger partial charge in [0.2, 0.25) is 5.91 Å². The molecule has 2 aromatic carbocycles. The topological polar surface area (TPSA) is 97.0 Å². The number of urea groups is 1. The van der Waals surface area contributed by atoms with E-state index in [0.717, 1.165) is 5.01 Å². The number of benzene rings is 2. The van der Waals surface area contributed by atoms with Gasteiger partial charge < -0.3 is 14.8 Å². The molecule has 1 fully saturated rings. The highest BCUT2D eigenvalue weighted by molar-refractivity contribution is 6.08. The summed E-state index contributed by atoms with van der Waals surface area (Å²) in [5, 5.41) is 3.38. The van der Waals surface area contributed by atoms with Crippen molar-refractivity contribution in [2.45, 2.75) is 32.2 Å². The Hall–Kier alpha value is -3.55. The number of carbonyl (C=O) groups is 3. The summed E-state index contributed by atoms with van der Waals surface area (Å²) in [4.78, 5) is 37.3. The van der Waals surface area contributed by atoms with Crippen LogP contribution >= 0.6 is 0 Å². The zero-order valence-corrected chi connectivity index (χ0v) is 17.0. The Kier molecular flexibility index (Phi) is 6.56. The maximum Gasteiger partial charge on any atom is 0.344 e. The smallest absolute Gasteiger partial charge is 0.344 e. The van der Waals surface area contributed by atoms with Crippen molar-refractivity contribution >= 4 is 17.8 Å². The summed E-state index contributed by atoms with van der Waals surface area (Å²) in [7, 11) is 0. The number of imide groups is 1. The Balaban J connectivity index is 1.51. The van der Waals surface area contributed by atoms with Gasteiger partial charge in [0.1, 0.15) is 5.54 Å². The van der Waals surface area contributed by atoms with Crippen LogP contribution in [-0.2, 0) is 15.1 Å². The van der Waals surface area contributed by atoms with Gasteiger partial charge in [-0.1, -0.05) is 42.5 Å². The second kappa shape index (κ2) is 9.30. The highest BCUT2D eigenvalue weighted by atomic mass is 16.5. The molecule has 0 saturated carbocycles. The molecular formula is C22H25N3O5. The number of hydrogen-bond acceptors (Lipinski definition) is 5. The molecule has 1 aliphatic heterocycles. The molecule has 0 spiro atoms. The molecule has 8 heteroatoms. The first-order chi connectivity index (χ1) is 14.5. The second-order valence-electron chi connectivity index (χ2n) is 6.93. The van der Waals surface area contributed by atoms with Crippen LogP contribution in [0.1, 0.15) is 32.3 Å². The highest BCUT2D eigenvalue weighted by Crippen LogP contribution is 2.28. The average Bonchev–Trinajstić information content (AvgIpc) is 2.97. The van der Waals surface area contributed by atoms with E-state index in [9.17, 15) is 14.4 Å². The third kappa shape index (κ3) is 4.53. The summed E-state index contributed by atoms with van der Waals surface area (Å²) in [5.41, 5.74) is 1.80. The Bertz CT molecular complexity index is 918. The molecule has 8 nitrogen and oxygen atoms in total. The van der Waals surface area contributed by atoms with Crippen LogP contribution in [0.25, 0.3) is 0 Å². The fourth-order valence-corrected chi connectivity index (χ4v) is 3.15. The van der Waals surface area contributed by atoms with Crippen molar-refractivity contribution in [1.82, 2.24) is 15.8 Å². The van der Waals surface area contributed by atoms with Crippen LogP contribution in [0.2, 0.25) is 0 Å². The number of ether oxygens (including phenoxy) is 2. The fourth-order valence-electron chi connectivity index (χ4n) is 3.15. The lowest BCUT2D eigenvalue weighted by atomic mass is 9.92. The number of rotatable bonds is 9. The third-order valence-electron chi connectivity index (χ3n) is 4.73.